The molecule has 0 radical (unpaired) electrons. The van der Waals surface area contributed by atoms with Gasteiger partial charge in [0.05, 0.1) is 5.39 Å². The molecule has 0 spiro atoms. The summed E-state index contributed by atoms with van der Waals surface area (Å²) in [5, 5.41) is 18.0. The number of rotatable bonds is 9. The van der Waals surface area contributed by atoms with Crippen molar-refractivity contribution >= 4 is 33.1 Å². The second kappa shape index (κ2) is 9.73. The molecule has 3 rings (SSSR count). The third-order valence-electron chi connectivity index (χ3n) is 5.05. The molecular formula is C21H27N5O2S. The maximum absolute atomic E-state index is 13.0. The number of carbonyl (C=O) groups is 1. The minimum absolute atomic E-state index is 0.166. The van der Waals surface area contributed by atoms with Crippen LogP contribution in [0.4, 0.5) is 5.13 Å². The molecule has 1 aromatic carbocycles. The van der Waals surface area contributed by atoms with Crippen LogP contribution in [0.3, 0.4) is 0 Å². The molecule has 0 atom stereocenters. The van der Waals surface area contributed by atoms with Gasteiger partial charge < -0.3 is 0 Å². The lowest BCUT2D eigenvalue weighted by molar-refractivity contribution is 0.102. The highest BCUT2D eigenvalue weighted by atomic mass is 32.1. The number of unbranched alkanes of at least 4 members (excludes halogenated alkanes) is 2. The summed E-state index contributed by atoms with van der Waals surface area (Å²) in [6, 6.07) is 7.10. The van der Waals surface area contributed by atoms with Crippen LogP contribution < -0.4 is 10.9 Å². The molecule has 0 fully saturated rings. The Morgan fingerprint density at radius 2 is 1.83 bits per heavy atom. The van der Waals surface area contributed by atoms with Crippen LogP contribution in [-0.4, -0.2) is 25.9 Å². The van der Waals surface area contributed by atoms with Gasteiger partial charge in [-0.05, 0) is 25.3 Å². The fourth-order valence-corrected chi connectivity index (χ4v) is 4.32. The number of anilines is 1. The highest BCUT2D eigenvalue weighted by molar-refractivity contribution is 7.15. The highest BCUT2D eigenvalue weighted by Crippen LogP contribution is 2.28. The van der Waals surface area contributed by atoms with Crippen molar-refractivity contribution < 1.29 is 4.79 Å². The molecule has 1 amide bonds. The fraction of sp³-hybridized carbons (Fsp3) is 0.476. The third-order valence-corrected chi connectivity index (χ3v) is 6.05. The summed E-state index contributed by atoms with van der Waals surface area (Å²) < 4.78 is 1.41. The van der Waals surface area contributed by atoms with Gasteiger partial charge in [-0.1, -0.05) is 63.1 Å². The SMILES string of the molecule is CCCCCn1nc(C(=O)Nc2nnc(C(CC)CC)s2)c2ccccc2c1=O. The Morgan fingerprint density at radius 3 is 2.52 bits per heavy atom. The van der Waals surface area contributed by atoms with E-state index in [1.165, 1.54) is 16.0 Å². The molecule has 3 aromatic rings. The molecule has 0 saturated heterocycles. The minimum Gasteiger partial charge on any atom is -0.295 e. The van der Waals surface area contributed by atoms with Gasteiger partial charge in [0.25, 0.3) is 11.5 Å². The van der Waals surface area contributed by atoms with Gasteiger partial charge >= 0.3 is 0 Å². The van der Waals surface area contributed by atoms with E-state index in [2.05, 4.69) is 41.4 Å². The Balaban J connectivity index is 1.92. The molecule has 0 bridgehead atoms. The molecule has 1 N–H and O–H groups in total. The van der Waals surface area contributed by atoms with Crippen LogP contribution in [0.25, 0.3) is 10.8 Å². The standard InChI is InChI=1S/C21H27N5O2S/c1-4-7-10-13-26-20(28)16-12-9-8-11-15(16)17(25-26)18(27)22-21-24-23-19(29-21)14(5-2)6-3/h8-9,11-12,14H,4-7,10,13H2,1-3H3,(H,22,24,27). The number of amides is 1. The summed E-state index contributed by atoms with van der Waals surface area (Å²) in [5.41, 5.74) is 0.0659. The first kappa shape index (κ1) is 21.1. The zero-order chi connectivity index (χ0) is 20.8. The van der Waals surface area contributed by atoms with Gasteiger partial charge in [-0.15, -0.1) is 10.2 Å². The molecule has 2 aromatic heterocycles. The van der Waals surface area contributed by atoms with Gasteiger partial charge in [-0.2, -0.15) is 5.10 Å². The Bertz CT molecular complexity index is 1040. The predicted molar refractivity (Wildman–Crippen MR) is 117 cm³/mol. The van der Waals surface area contributed by atoms with Crippen LogP contribution in [0, 0.1) is 0 Å². The van der Waals surface area contributed by atoms with Crippen LogP contribution in [0.5, 0.6) is 0 Å². The van der Waals surface area contributed by atoms with Crippen molar-refractivity contribution in [3.8, 4) is 0 Å². The normalized spacial score (nSPS) is 11.3. The van der Waals surface area contributed by atoms with E-state index in [-0.39, 0.29) is 17.2 Å². The summed E-state index contributed by atoms with van der Waals surface area (Å²) >= 11 is 1.39. The molecule has 29 heavy (non-hydrogen) atoms. The number of nitrogens with zero attached hydrogens (tertiary/aromatic N) is 4. The maximum atomic E-state index is 13.0. The van der Waals surface area contributed by atoms with Crippen molar-refractivity contribution in [2.45, 2.75) is 65.3 Å². The summed E-state index contributed by atoms with van der Waals surface area (Å²) in [4.78, 5) is 25.7. The van der Waals surface area contributed by atoms with E-state index in [1.54, 1.807) is 24.3 Å². The van der Waals surface area contributed by atoms with Crippen LogP contribution in [0.1, 0.15) is 74.3 Å². The first-order chi connectivity index (χ1) is 14.1. The van der Waals surface area contributed by atoms with E-state index in [0.29, 0.717) is 28.4 Å². The maximum Gasteiger partial charge on any atom is 0.278 e. The molecule has 0 aliphatic carbocycles. The first-order valence-corrected chi connectivity index (χ1v) is 11.0. The number of aryl methyl sites for hydroxylation is 1. The van der Waals surface area contributed by atoms with Gasteiger partial charge in [0.2, 0.25) is 5.13 Å². The molecule has 154 valence electrons. The second-order valence-electron chi connectivity index (χ2n) is 7.04. The van der Waals surface area contributed by atoms with Crippen molar-refractivity contribution in [3.05, 3.63) is 45.3 Å². The number of aromatic nitrogens is 4. The number of hydrogen-bond donors (Lipinski definition) is 1. The molecule has 0 unspecified atom stereocenters. The van der Waals surface area contributed by atoms with Gasteiger partial charge in [-0.3, -0.25) is 14.9 Å². The molecule has 7 nitrogen and oxygen atoms in total. The van der Waals surface area contributed by atoms with Crippen molar-refractivity contribution in [2.24, 2.45) is 0 Å². The topological polar surface area (TPSA) is 89.8 Å². The van der Waals surface area contributed by atoms with E-state index >= 15 is 0 Å². The van der Waals surface area contributed by atoms with E-state index in [9.17, 15) is 9.59 Å². The zero-order valence-corrected chi connectivity index (χ0v) is 18.0. The van der Waals surface area contributed by atoms with E-state index in [1.807, 2.05) is 0 Å². The summed E-state index contributed by atoms with van der Waals surface area (Å²) in [6.45, 7) is 6.83. The minimum atomic E-state index is -0.377. The molecule has 0 aliphatic heterocycles. The van der Waals surface area contributed by atoms with Crippen LogP contribution in [0.2, 0.25) is 0 Å². The molecule has 0 aliphatic rings. The molecular weight excluding hydrogens is 386 g/mol. The van der Waals surface area contributed by atoms with E-state index < -0.39 is 0 Å². The smallest absolute Gasteiger partial charge is 0.278 e. The van der Waals surface area contributed by atoms with Gasteiger partial charge in [0.15, 0.2) is 5.69 Å². The van der Waals surface area contributed by atoms with Crippen LogP contribution >= 0.6 is 11.3 Å². The number of hydrogen-bond acceptors (Lipinski definition) is 6. The predicted octanol–water partition coefficient (Wildman–Crippen LogP) is 4.59. The summed E-state index contributed by atoms with van der Waals surface area (Å²) in [7, 11) is 0. The number of benzene rings is 1. The van der Waals surface area contributed by atoms with Crippen molar-refractivity contribution in [3.63, 3.8) is 0 Å². The Kier molecular flexibility index (Phi) is 7.09. The summed E-state index contributed by atoms with van der Waals surface area (Å²) in [5.74, 6) is -0.0322. The molecule has 2 heterocycles. The summed E-state index contributed by atoms with van der Waals surface area (Å²) in [6.07, 6.45) is 4.86. The lowest BCUT2D eigenvalue weighted by atomic mass is 10.1. The van der Waals surface area contributed by atoms with Crippen LogP contribution in [0.15, 0.2) is 29.1 Å². The monoisotopic (exact) mass is 413 g/mol. The fourth-order valence-electron chi connectivity index (χ4n) is 3.31. The van der Waals surface area contributed by atoms with Crippen molar-refractivity contribution in [1.82, 2.24) is 20.0 Å². The Labute approximate surface area is 174 Å². The average molecular weight is 414 g/mol. The van der Waals surface area contributed by atoms with Gasteiger partial charge in [-0.25, -0.2) is 4.68 Å². The largest absolute Gasteiger partial charge is 0.295 e. The highest BCUT2D eigenvalue weighted by Gasteiger charge is 2.19. The first-order valence-electron chi connectivity index (χ1n) is 10.2. The number of carbonyl (C=O) groups excluding carboxylic acids is 1. The number of nitrogens with one attached hydrogen (secondary N) is 1. The Morgan fingerprint density at radius 1 is 1.10 bits per heavy atom. The van der Waals surface area contributed by atoms with E-state index in [0.717, 1.165) is 37.1 Å². The lowest BCUT2D eigenvalue weighted by Crippen LogP contribution is -2.27. The van der Waals surface area contributed by atoms with Gasteiger partial charge in [0, 0.05) is 17.8 Å². The van der Waals surface area contributed by atoms with E-state index in [4.69, 9.17) is 0 Å². The zero-order valence-electron chi connectivity index (χ0n) is 17.1. The average Bonchev–Trinajstić information content (AvgIpc) is 3.19. The van der Waals surface area contributed by atoms with Crippen LogP contribution in [-0.2, 0) is 6.54 Å². The number of fused-ring (bicyclic) bond motifs is 1. The van der Waals surface area contributed by atoms with Crippen molar-refractivity contribution in [2.75, 3.05) is 5.32 Å². The van der Waals surface area contributed by atoms with Gasteiger partial charge in [0.1, 0.15) is 5.01 Å². The molecule has 8 heteroatoms. The lowest BCUT2D eigenvalue weighted by Gasteiger charge is -2.10. The second-order valence-corrected chi connectivity index (χ2v) is 8.05. The third kappa shape index (κ3) is 4.70. The quantitative estimate of drug-likeness (QED) is 0.518. The Hall–Kier alpha value is -2.61. The van der Waals surface area contributed by atoms with Crippen molar-refractivity contribution in [1.29, 1.82) is 0 Å². The molecule has 0 saturated carbocycles.